The number of thiazole rings is 1. The Morgan fingerprint density at radius 2 is 2.54 bits per heavy atom. The number of hydrogen-bond donors (Lipinski definition) is 0. The number of nitrogens with zero attached hydrogens (tertiary/aromatic N) is 1. The molecule has 2 rings (SSSR count). The van der Waals surface area contributed by atoms with E-state index >= 15 is 0 Å². The molecular formula is C9H7NO2S. The van der Waals surface area contributed by atoms with Gasteiger partial charge in [0.15, 0.2) is 5.78 Å². The van der Waals surface area contributed by atoms with Crippen molar-refractivity contribution < 1.29 is 9.21 Å². The van der Waals surface area contributed by atoms with Crippen LogP contribution in [-0.4, -0.2) is 10.8 Å². The van der Waals surface area contributed by atoms with Crippen molar-refractivity contribution in [2.45, 2.75) is 6.42 Å². The van der Waals surface area contributed by atoms with Crippen LogP contribution < -0.4 is 0 Å². The molecular weight excluding hydrogens is 186 g/mol. The van der Waals surface area contributed by atoms with Gasteiger partial charge in [-0.1, -0.05) is 0 Å². The molecule has 0 unspecified atom stereocenters. The SMILES string of the molecule is O=C(Cc1ccco1)c1cscn1. The Hall–Kier alpha value is -1.42. The van der Waals surface area contributed by atoms with Crippen LogP contribution in [0.15, 0.2) is 33.7 Å². The monoisotopic (exact) mass is 193 g/mol. The van der Waals surface area contributed by atoms with E-state index in [2.05, 4.69) is 4.98 Å². The van der Waals surface area contributed by atoms with E-state index in [0.717, 1.165) is 0 Å². The first kappa shape index (κ1) is 8.19. The maximum absolute atomic E-state index is 11.5. The van der Waals surface area contributed by atoms with E-state index in [0.29, 0.717) is 11.5 Å². The van der Waals surface area contributed by atoms with Crippen molar-refractivity contribution in [3.8, 4) is 0 Å². The molecule has 0 radical (unpaired) electrons. The quantitative estimate of drug-likeness (QED) is 0.701. The van der Waals surface area contributed by atoms with Gasteiger partial charge in [0.2, 0.25) is 0 Å². The molecule has 4 heteroatoms. The molecule has 0 amide bonds. The summed E-state index contributed by atoms with van der Waals surface area (Å²) in [4.78, 5) is 15.4. The zero-order chi connectivity index (χ0) is 9.10. The molecule has 0 atom stereocenters. The topological polar surface area (TPSA) is 43.1 Å². The van der Waals surface area contributed by atoms with Crippen LogP contribution in [0.2, 0.25) is 0 Å². The van der Waals surface area contributed by atoms with E-state index in [9.17, 15) is 4.79 Å². The van der Waals surface area contributed by atoms with E-state index in [1.807, 2.05) is 0 Å². The first-order valence-corrected chi connectivity index (χ1v) is 4.74. The molecule has 0 aliphatic heterocycles. The van der Waals surface area contributed by atoms with Gasteiger partial charge in [0, 0.05) is 5.38 Å². The van der Waals surface area contributed by atoms with Gasteiger partial charge in [-0.05, 0) is 12.1 Å². The molecule has 13 heavy (non-hydrogen) atoms. The summed E-state index contributed by atoms with van der Waals surface area (Å²) in [7, 11) is 0. The largest absolute Gasteiger partial charge is 0.469 e. The molecule has 0 bridgehead atoms. The van der Waals surface area contributed by atoms with Gasteiger partial charge < -0.3 is 4.42 Å². The van der Waals surface area contributed by atoms with Gasteiger partial charge >= 0.3 is 0 Å². The minimum Gasteiger partial charge on any atom is -0.469 e. The number of carbonyl (C=O) groups is 1. The smallest absolute Gasteiger partial charge is 0.189 e. The maximum Gasteiger partial charge on any atom is 0.189 e. The van der Waals surface area contributed by atoms with Crippen molar-refractivity contribution in [2.24, 2.45) is 0 Å². The van der Waals surface area contributed by atoms with E-state index in [1.165, 1.54) is 11.3 Å². The number of Topliss-reactive ketones (excluding diaryl/α,β-unsaturated/α-hetero) is 1. The van der Waals surface area contributed by atoms with Gasteiger partial charge in [0.05, 0.1) is 18.2 Å². The van der Waals surface area contributed by atoms with Gasteiger partial charge in [-0.2, -0.15) is 0 Å². The Bertz CT molecular complexity index is 378. The molecule has 2 aromatic heterocycles. The molecule has 2 heterocycles. The molecule has 0 N–H and O–H groups in total. The van der Waals surface area contributed by atoms with Crippen LogP contribution in [0, 0.1) is 0 Å². The lowest BCUT2D eigenvalue weighted by atomic mass is 10.2. The molecule has 0 spiro atoms. The lowest BCUT2D eigenvalue weighted by molar-refractivity contribution is 0.0983. The highest BCUT2D eigenvalue weighted by Gasteiger charge is 2.09. The fourth-order valence-corrected chi connectivity index (χ4v) is 1.57. The summed E-state index contributed by atoms with van der Waals surface area (Å²) in [6.45, 7) is 0. The summed E-state index contributed by atoms with van der Waals surface area (Å²) in [5.74, 6) is 0.675. The van der Waals surface area contributed by atoms with Crippen LogP contribution in [0.3, 0.4) is 0 Å². The van der Waals surface area contributed by atoms with E-state index in [1.54, 1.807) is 29.3 Å². The number of hydrogen-bond acceptors (Lipinski definition) is 4. The molecule has 0 saturated heterocycles. The Morgan fingerprint density at radius 3 is 3.15 bits per heavy atom. The Kier molecular flexibility index (Phi) is 2.23. The fourth-order valence-electron chi connectivity index (χ4n) is 1.01. The second-order valence-electron chi connectivity index (χ2n) is 2.55. The van der Waals surface area contributed by atoms with Crippen LogP contribution in [-0.2, 0) is 6.42 Å². The standard InChI is InChI=1S/C9H7NO2S/c11-9(8-5-13-6-10-8)4-7-2-1-3-12-7/h1-3,5-6H,4H2. The highest BCUT2D eigenvalue weighted by Crippen LogP contribution is 2.08. The van der Waals surface area contributed by atoms with E-state index < -0.39 is 0 Å². The average Bonchev–Trinajstić information content (AvgIpc) is 2.74. The normalized spacial score (nSPS) is 10.2. The lowest BCUT2D eigenvalue weighted by Crippen LogP contribution is -2.02. The second kappa shape index (κ2) is 3.53. The predicted molar refractivity (Wildman–Crippen MR) is 48.9 cm³/mol. The number of carbonyl (C=O) groups excluding carboxylic acids is 1. The van der Waals surface area contributed by atoms with Gasteiger partial charge in [-0.25, -0.2) is 4.98 Å². The van der Waals surface area contributed by atoms with Crippen molar-refractivity contribution in [3.05, 3.63) is 40.7 Å². The summed E-state index contributed by atoms with van der Waals surface area (Å²) in [6.07, 6.45) is 1.85. The third kappa shape index (κ3) is 1.84. The van der Waals surface area contributed by atoms with Crippen LogP contribution in [0.25, 0.3) is 0 Å². The van der Waals surface area contributed by atoms with Gasteiger partial charge in [-0.3, -0.25) is 4.79 Å². The molecule has 2 aromatic rings. The summed E-state index contributed by atoms with van der Waals surface area (Å²) in [5.41, 5.74) is 2.16. The Labute approximate surface area is 79.0 Å². The van der Waals surface area contributed by atoms with Crippen LogP contribution in [0.5, 0.6) is 0 Å². The van der Waals surface area contributed by atoms with Crippen molar-refractivity contribution in [1.82, 2.24) is 4.98 Å². The molecule has 0 aliphatic rings. The zero-order valence-electron chi connectivity index (χ0n) is 6.77. The summed E-state index contributed by atoms with van der Waals surface area (Å²) >= 11 is 1.42. The molecule has 0 saturated carbocycles. The zero-order valence-corrected chi connectivity index (χ0v) is 7.58. The first-order chi connectivity index (χ1) is 6.36. The van der Waals surface area contributed by atoms with Crippen molar-refractivity contribution in [1.29, 1.82) is 0 Å². The molecule has 66 valence electrons. The van der Waals surface area contributed by atoms with Crippen molar-refractivity contribution in [3.63, 3.8) is 0 Å². The van der Waals surface area contributed by atoms with Crippen LogP contribution in [0.1, 0.15) is 16.2 Å². The van der Waals surface area contributed by atoms with E-state index in [-0.39, 0.29) is 12.2 Å². The van der Waals surface area contributed by atoms with Crippen molar-refractivity contribution >= 4 is 17.1 Å². The number of furan rings is 1. The Morgan fingerprint density at radius 1 is 1.62 bits per heavy atom. The number of aromatic nitrogens is 1. The van der Waals surface area contributed by atoms with E-state index in [4.69, 9.17) is 4.42 Å². The summed E-state index contributed by atoms with van der Waals surface area (Å²) in [6, 6.07) is 3.55. The third-order valence-corrected chi connectivity index (χ3v) is 2.22. The molecule has 0 aliphatic carbocycles. The minimum absolute atomic E-state index is 0.00352. The average molecular weight is 193 g/mol. The lowest BCUT2D eigenvalue weighted by Gasteiger charge is -1.92. The second-order valence-corrected chi connectivity index (χ2v) is 3.27. The number of rotatable bonds is 3. The molecule has 0 aromatic carbocycles. The van der Waals surface area contributed by atoms with Crippen LogP contribution in [0.4, 0.5) is 0 Å². The summed E-state index contributed by atoms with van der Waals surface area (Å²) in [5, 5.41) is 1.74. The van der Waals surface area contributed by atoms with Gasteiger partial charge in [0.25, 0.3) is 0 Å². The third-order valence-electron chi connectivity index (χ3n) is 1.63. The minimum atomic E-state index is -0.00352. The molecule has 3 nitrogen and oxygen atoms in total. The van der Waals surface area contributed by atoms with Crippen molar-refractivity contribution in [2.75, 3.05) is 0 Å². The highest BCUT2D eigenvalue weighted by atomic mass is 32.1. The highest BCUT2D eigenvalue weighted by molar-refractivity contribution is 7.07. The van der Waals surface area contributed by atoms with Gasteiger partial charge in [-0.15, -0.1) is 11.3 Å². The Balaban J connectivity index is 2.08. The van der Waals surface area contributed by atoms with Gasteiger partial charge in [0.1, 0.15) is 11.5 Å². The predicted octanol–water partition coefficient (Wildman–Crippen LogP) is 2.16. The number of ketones is 1. The fraction of sp³-hybridized carbons (Fsp3) is 0.111. The maximum atomic E-state index is 11.5. The van der Waals surface area contributed by atoms with Crippen LogP contribution >= 0.6 is 11.3 Å². The molecule has 0 fully saturated rings. The first-order valence-electron chi connectivity index (χ1n) is 3.80. The summed E-state index contributed by atoms with van der Waals surface area (Å²) < 4.78 is 5.06.